The molecule has 2 rings (SSSR count). The molecule has 0 aliphatic carbocycles. The van der Waals surface area contributed by atoms with E-state index in [2.05, 4.69) is 31.0 Å². The summed E-state index contributed by atoms with van der Waals surface area (Å²) in [5.74, 6) is -0.273. The van der Waals surface area contributed by atoms with Crippen LogP contribution < -0.4 is 5.32 Å². The molecule has 0 aliphatic heterocycles. The molecule has 2 aromatic rings. The molecule has 0 aliphatic rings. The summed E-state index contributed by atoms with van der Waals surface area (Å²) in [4.78, 5) is 11.8. The molecule has 0 aromatic heterocycles. The van der Waals surface area contributed by atoms with E-state index in [1.807, 2.05) is 30.3 Å². The predicted molar refractivity (Wildman–Crippen MR) is 102 cm³/mol. The molecule has 5 heteroatoms. The number of hydrogen-bond donors (Lipinski definition) is 1. The highest BCUT2D eigenvalue weighted by Gasteiger charge is 2.15. The maximum Gasteiger partial charge on any atom is 0.302 e. The van der Waals surface area contributed by atoms with Crippen LogP contribution in [0.1, 0.15) is 18.1 Å². The zero-order valence-electron chi connectivity index (χ0n) is 14.1. The Kier molecular flexibility index (Phi) is 5.54. The molecule has 0 saturated carbocycles. The van der Waals surface area contributed by atoms with Gasteiger partial charge in [-0.15, -0.1) is 0 Å². The third-order valence-electron chi connectivity index (χ3n) is 3.47. The van der Waals surface area contributed by atoms with Gasteiger partial charge in [0.25, 0.3) is 0 Å². The predicted octanol–water partition coefficient (Wildman–Crippen LogP) is 4.05. The van der Waals surface area contributed by atoms with Gasteiger partial charge in [-0.3, -0.25) is 4.79 Å². The van der Waals surface area contributed by atoms with Crippen molar-refractivity contribution in [3.8, 4) is 0 Å². The monoisotopic (exact) mass is 345 g/mol. The number of nitrogens with one attached hydrogen (secondary N) is 1. The molecular weight excluding hydrogens is 322 g/mol. The van der Waals surface area contributed by atoms with Gasteiger partial charge >= 0.3 is 5.97 Å². The second kappa shape index (κ2) is 7.23. The van der Waals surface area contributed by atoms with Crippen molar-refractivity contribution in [3.63, 3.8) is 0 Å². The molecule has 0 spiro atoms. The van der Waals surface area contributed by atoms with E-state index < -0.39 is 8.07 Å². The minimum Gasteiger partial charge on any atom is -0.461 e. The minimum absolute atomic E-state index is 0.273. The molecule has 0 fully saturated rings. The number of esters is 1. The second-order valence-corrected chi connectivity index (χ2v) is 12.7. The SMILES string of the molecule is CC(=O)OCc1ccc(C(=S)NC[Si](C)(C)C)c2ccccc12. The van der Waals surface area contributed by atoms with Crippen molar-refractivity contribution >= 4 is 42.0 Å². The highest BCUT2D eigenvalue weighted by atomic mass is 32.1. The van der Waals surface area contributed by atoms with Crippen LogP contribution in [0.5, 0.6) is 0 Å². The molecule has 3 nitrogen and oxygen atoms in total. The molecule has 0 unspecified atom stereocenters. The lowest BCUT2D eigenvalue weighted by Gasteiger charge is -2.19. The van der Waals surface area contributed by atoms with Crippen LogP contribution >= 0.6 is 12.2 Å². The number of benzene rings is 2. The van der Waals surface area contributed by atoms with Crippen LogP contribution in [0, 0.1) is 0 Å². The maximum atomic E-state index is 11.1. The summed E-state index contributed by atoms with van der Waals surface area (Å²) >= 11 is 5.59. The van der Waals surface area contributed by atoms with Crippen molar-refractivity contribution < 1.29 is 9.53 Å². The first-order valence-corrected chi connectivity index (χ1v) is 11.8. The number of hydrogen-bond acceptors (Lipinski definition) is 3. The molecule has 0 saturated heterocycles. The standard InChI is InChI=1S/C18H23NO2SSi/c1-13(20)21-11-14-9-10-17(16-8-6-5-7-15(14)16)18(22)19-12-23(2,3)4/h5-10H,11-12H2,1-4H3,(H,19,22). The van der Waals surface area contributed by atoms with Gasteiger partial charge < -0.3 is 10.1 Å². The summed E-state index contributed by atoms with van der Waals surface area (Å²) in [6.07, 6.45) is 0.954. The molecule has 0 heterocycles. The molecule has 23 heavy (non-hydrogen) atoms. The highest BCUT2D eigenvalue weighted by molar-refractivity contribution is 7.80. The van der Waals surface area contributed by atoms with Gasteiger partial charge in [0, 0.05) is 18.7 Å². The summed E-state index contributed by atoms with van der Waals surface area (Å²) in [5.41, 5.74) is 2.02. The molecule has 0 radical (unpaired) electrons. The van der Waals surface area contributed by atoms with Crippen LogP contribution in [0.2, 0.25) is 19.6 Å². The number of ether oxygens (including phenoxy) is 1. The van der Waals surface area contributed by atoms with Gasteiger partial charge in [0.2, 0.25) is 0 Å². The Morgan fingerprint density at radius 2 is 1.78 bits per heavy atom. The fourth-order valence-corrected chi connectivity index (χ4v) is 3.39. The second-order valence-electron chi connectivity index (χ2n) is 6.84. The Morgan fingerprint density at radius 1 is 1.13 bits per heavy atom. The number of rotatable bonds is 5. The molecule has 122 valence electrons. The van der Waals surface area contributed by atoms with Crippen LogP contribution in [0.3, 0.4) is 0 Å². The van der Waals surface area contributed by atoms with E-state index in [9.17, 15) is 4.79 Å². The van der Waals surface area contributed by atoms with Gasteiger partial charge in [0.1, 0.15) is 11.6 Å². The van der Waals surface area contributed by atoms with Crippen LogP contribution in [0.25, 0.3) is 10.8 Å². The zero-order chi connectivity index (χ0) is 17.0. The summed E-state index contributed by atoms with van der Waals surface area (Å²) in [5, 5.41) is 5.57. The first-order valence-electron chi connectivity index (χ1n) is 7.70. The largest absolute Gasteiger partial charge is 0.461 e. The Morgan fingerprint density at radius 3 is 2.39 bits per heavy atom. The van der Waals surface area contributed by atoms with Crippen molar-refractivity contribution in [1.82, 2.24) is 5.32 Å². The van der Waals surface area contributed by atoms with Crippen LogP contribution in [-0.4, -0.2) is 25.2 Å². The van der Waals surface area contributed by atoms with Crippen molar-refractivity contribution in [1.29, 1.82) is 0 Å². The Bertz CT molecular complexity index is 737. The molecule has 1 N–H and O–H groups in total. The fraction of sp³-hybridized carbons (Fsp3) is 0.333. The first kappa shape index (κ1) is 17.6. The van der Waals surface area contributed by atoms with Gasteiger partial charge in [-0.05, 0) is 16.3 Å². The van der Waals surface area contributed by atoms with Gasteiger partial charge in [0.05, 0.1) is 8.07 Å². The summed E-state index contributed by atoms with van der Waals surface area (Å²) in [7, 11) is -1.21. The van der Waals surface area contributed by atoms with E-state index in [1.54, 1.807) is 0 Å². The number of carbonyl (C=O) groups is 1. The van der Waals surface area contributed by atoms with E-state index in [0.29, 0.717) is 0 Å². The van der Waals surface area contributed by atoms with Gasteiger partial charge in [-0.25, -0.2) is 0 Å². The van der Waals surface area contributed by atoms with Crippen molar-refractivity contribution in [3.05, 3.63) is 47.5 Å². The number of thiocarbonyl (C=S) groups is 1. The van der Waals surface area contributed by atoms with Gasteiger partial charge in [0.15, 0.2) is 0 Å². The van der Waals surface area contributed by atoms with Gasteiger partial charge in [-0.2, -0.15) is 0 Å². The minimum atomic E-state index is -1.21. The molecular formula is C18H23NO2SSi. The van der Waals surface area contributed by atoms with E-state index in [-0.39, 0.29) is 12.6 Å². The first-order chi connectivity index (χ1) is 10.8. The van der Waals surface area contributed by atoms with Crippen molar-refractivity contribution in [2.24, 2.45) is 0 Å². The molecule has 0 atom stereocenters. The Hall–Kier alpha value is -1.72. The lowest BCUT2D eigenvalue weighted by molar-refractivity contribution is -0.142. The zero-order valence-corrected chi connectivity index (χ0v) is 15.9. The average molecular weight is 346 g/mol. The Balaban J connectivity index is 2.33. The smallest absolute Gasteiger partial charge is 0.302 e. The lowest BCUT2D eigenvalue weighted by Crippen LogP contribution is -2.39. The topological polar surface area (TPSA) is 38.3 Å². The van der Waals surface area contributed by atoms with Crippen molar-refractivity contribution in [2.45, 2.75) is 33.2 Å². The summed E-state index contributed by atoms with van der Waals surface area (Å²) in [6.45, 7) is 8.63. The molecule has 0 bridgehead atoms. The quantitative estimate of drug-likeness (QED) is 0.504. The summed E-state index contributed by atoms with van der Waals surface area (Å²) in [6, 6.07) is 12.1. The fourth-order valence-electron chi connectivity index (χ4n) is 2.31. The molecule has 0 amide bonds. The third kappa shape index (κ3) is 4.87. The van der Waals surface area contributed by atoms with E-state index in [0.717, 1.165) is 33.1 Å². The van der Waals surface area contributed by atoms with Crippen LogP contribution in [0.4, 0.5) is 0 Å². The molecule has 2 aromatic carbocycles. The van der Waals surface area contributed by atoms with E-state index in [1.165, 1.54) is 6.92 Å². The van der Waals surface area contributed by atoms with E-state index >= 15 is 0 Å². The van der Waals surface area contributed by atoms with Crippen LogP contribution in [-0.2, 0) is 16.1 Å². The average Bonchev–Trinajstić information content (AvgIpc) is 2.49. The highest BCUT2D eigenvalue weighted by Crippen LogP contribution is 2.24. The number of fused-ring (bicyclic) bond motifs is 1. The summed E-state index contributed by atoms with van der Waals surface area (Å²) < 4.78 is 5.15. The van der Waals surface area contributed by atoms with Gasteiger partial charge in [-0.1, -0.05) is 68.3 Å². The van der Waals surface area contributed by atoms with Crippen molar-refractivity contribution in [2.75, 3.05) is 6.17 Å². The van der Waals surface area contributed by atoms with E-state index in [4.69, 9.17) is 17.0 Å². The Labute approximate surface area is 144 Å². The lowest BCUT2D eigenvalue weighted by atomic mass is 10.00. The van der Waals surface area contributed by atoms with Crippen LogP contribution in [0.15, 0.2) is 36.4 Å². The number of carbonyl (C=O) groups excluding carboxylic acids is 1. The third-order valence-corrected chi connectivity index (χ3v) is 5.07. The normalized spacial score (nSPS) is 11.3. The maximum absolute atomic E-state index is 11.1.